The van der Waals surface area contributed by atoms with Crippen molar-refractivity contribution < 1.29 is 0 Å². The van der Waals surface area contributed by atoms with Gasteiger partial charge in [-0.25, -0.2) is 0 Å². The number of nitrogens with one attached hydrogen (secondary N) is 9. The van der Waals surface area contributed by atoms with E-state index in [2.05, 4.69) is 319 Å². The molecule has 0 atom stereocenters. The van der Waals surface area contributed by atoms with Gasteiger partial charge in [-0.1, -0.05) is 104 Å². The summed E-state index contributed by atoms with van der Waals surface area (Å²) in [5, 5.41) is 35.6. The van der Waals surface area contributed by atoms with Gasteiger partial charge in [0.1, 0.15) is 0 Å². The zero-order chi connectivity index (χ0) is 98.1. The summed E-state index contributed by atoms with van der Waals surface area (Å²) >= 11 is 0. The van der Waals surface area contributed by atoms with E-state index in [1.807, 2.05) is 0 Å². The molecule has 0 amide bonds. The second-order valence-electron chi connectivity index (χ2n) is 50.1. The van der Waals surface area contributed by atoms with Crippen LogP contribution < -0.4 is 83.0 Å². The molecule has 0 spiro atoms. The maximum absolute atomic E-state index is 6.38. The molecule has 134 heavy (non-hydrogen) atoms. The van der Waals surface area contributed by atoms with Gasteiger partial charge < -0.3 is 83.0 Å². The lowest BCUT2D eigenvalue weighted by atomic mass is 9.79. The molecular weight excluding hydrogens is 1660 g/mol. The second kappa shape index (κ2) is 47.1. The Morgan fingerprint density at radius 1 is 0.246 bits per heavy atom. The van der Waals surface area contributed by atoms with Crippen LogP contribution in [0.3, 0.4) is 0 Å². The van der Waals surface area contributed by atoms with Gasteiger partial charge >= 0.3 is 0 Å². The second-order valence-corrected chi connectivity index (χ2v) is 50.1. The lowest BCUT2D eigenvalue weighted by Crippen LogP contribution is -2.63. The minimum absolute atomic E-state index is 0.0444. The highest BCUT2D eigenvalue weighted by atomic mass is 15.4. The number of rotatable bonds is 52. The van der Waals surface area contributed by atoms with E-state index >= 15 is 0 Å². The topological polar surface area (TPSA) is 276 Å². The van der Waals surface area contributed by atoms with Gasteiger partial charge in [-0.3, -0.25) is 9.80 Å². The van der Waals surface area contributed by atoms with E-state index in [0.29, 0.717) is 37.5 Å². The predicted octanol–water partition coefficient (Wildman–Crippen LogP) is 19.2. The predicted molar refractivity (Wildman–Crippen MR) is 569 cm³/mol. The smallest absolute Gasteiger partial charge is 0.232 e. The van der Waals surface area contributed by atoms with Crippen LogP contribution >= 0.6 is 0 Å². The van der Waals surface area contributed by atoms with Gasteiger partial charge in [0.2, 0.25) is 53.5 Å². The van der Waals surface area contributed by atoms with Crippen molar-refractivity contribution in [3.63, 3.8) is 0 Å². The van der Waals surface area contributed by atoms with Gasteiger partial charge in [0.05, 0.1) is 0 Å². The van der Waals surface area contributed by atoms with Crippen LogP contribution in [0, 0.1) is 0 Å². The third-order valence-corrected chi connectivity index (χ3v) is 28.9. The third-order valence-electron chi connectivity index (χ3n) is 28.9. The van der Waals surface area contributed by atoms with E-state index in [0.717, 1.165) is 301 Å². The van der Waals surface area contributed by atoms with Crippen molar-refractivity contribution in [2.75, 3.05) is 137 Å². The molecule has 10 rings (SSSR count). The van der Waals surface area contributed by atoms with Crippen LogP contribution in [0.4, 0.5) is 53.5 Å². The van der Waals surface area contributed by atoms with Gasteiger partial charge in [-0.2, -0.15) is 44.9 Å². The summed E-state index contributed by atoms with van der Waals surface area (Å²) in [7, 11) is 0. The van der Waals surface area contributed by atoms with Gasteiger partial charge in [-0.05, 0) is 332 Å². The lowest BCUT2D eigenvalue weighted by molar-refractivity contribution is 0.156. The Labute approximate surface area is 816 Å². The van der Waals surface area contributed by atoms with Crippen molar-refractivity contribution in [2.24, 2.45) is 5.73 Å². The Hall–Kier alpha value is -5.91. The molecule has 27 heteroatoms. The molecule has 6 aliphatic rings. The largest absolute Gasteiger partial charge is 0.354 e. The molecule has 6 aliphatic heterocycles. The fourth-order valence-electron chi connectivity index (χ4n) is 25.3. The minimum atomic E-state index is -0.0614. The van der Waals surface area contributed by atoms with Gasteiger partial charge in [-0.15, -0.1) is 0 Å². The van der Waals surface area contributed by atoms with Crippen molar-refractivity contribution >= 4 is 53.5 Å². The van der Waals surface area contributed by atoms with Gasteiger partial charge in [0, 0.05) is 194 Å². The van der Waals surface area contributed by atoms with Crippen LogP contribution in [0.5, 0.6) is 0 Å². The number of unbranched alkanes of at least 4 members (excludes halogenated alkanes) is 6. The van der Waals surface area contributed by atoms with E-state index in [-0.39, 0.29) is 103 Å². The van der Waals surface area contributed by atoms with Crippen LogP contribution in [0.25, 0.3) is 0 Å². The zero-order valence-electron chi connectivity index (χ0n) is 91.1. The Balaban J connectivity index is 0.945. The zero-order valence-corrected chi connectivity index (χ0v) is 91.1. The number of hydrogen-bond donors (Lipinski definition) is 10. The standard InChI is InChI=1S/C107H199N27/c1-31-37-59-129(81-65-96(7,8)121-97(9,10)66-81)90-112-87(113-91(118-90)130(60-38-32-2)82-67-98(11,12)122-99(13,14)68-82)109-52-44-56-127(55-43-51-108)77-79-47-49-80(50-48-79)78-128(57-45-53-110-88-114-92(131(61-39-33-3)83-69-100(15,16)123-101(17,18)70-83)119-93(115-88)132(62-40-34-4)84-71-102(19,20)124-103(21,22)72-84)58-46-54-111-89-116-94(133(63-41-35-5)85-73-104(23,24)125-105(25,26)74-85)120-95(117-89)134(64-42-36-6)86-75-106(27,28)126-107(29,30)76-86/h47-50,81-86,121-126H,31-46,51-78,108H2,1-30H3,(H,109,112,113,118)(H,110,114,115,119)(H,111,116,117,120). The molecule has 3 aromatic heterocycles. The number of benzene rings is 1. The van der Waals surface area contributed by atoms with Crippen LogP contribution in [-0.4, -0.2) is 249 Å². The fraction of sp³-hybridized carbons (Fsp3) is 0.860. The normalized spacial score (nSPS) is 21.4. The SMILES string of the molecule is CCCCN(c1nc(NCCCN(CCCN)Cc2ccc(CN(CCCNc3nc(N(CCCC)C4CC(C)(C)NC(C)(C)C4)nc(N(CCCC)C4CC(C)(C)NC(C)(C)C4)n3)CCCNc3nc(N(CCCC)C4CC(C)(C)NC(C)(C)C4)nc(N(CCCC)C4CC(C)(C)NC(C)(C)C4)n3)cc2)nc(N(CCCC)C2CC(C)(C)NC(C)(C)C2)n1)C1CC(C)(C)NC(C)(C)C1. The van der Waals surface area contributed by atoms with Gasteiger partial charge in [0.25, 0.3) is 0 Å². The van der Waals surface area contributed by atoms with Crippen molar-refractivity contribution in [1.29, 1.82) is 0 Å². The summed E-state index contributed by atoms with van der Waals surface area (Å²) in [6.07, 6.45) is 28.5. The Morgan fingerprint density at radius 2 is 0.410 bits per heavy atom. The summed E-state index contributed by atoms with van der Waals surface area (Å²) in [5.74, 6) is 6.78. The van der Waals surface area contributed by atoms with Crippen molar-refractivity contribution in [3.8, 4) is 0 Å². The first-order valence-corrected chi connectivity index (χ1v) is 53.8. The average Bonchev–Trinajstić information content (AvgIpc) is 0.778. The molecule has 1 aromatic carbocycles. The Kier molecular flexibility index (Phi) is 38.7. The van der Waals surface area contributed by atoms with Crippen molar-refractivity contribution in [1.82, 2.24) is 86.6 Å². The molecule has 27 nitrogen and oxygen atoms in total. The maximum Gasteiger partial charge on any atom is 0.232 e. The molecule has 0 bridgehead atoms. The molecule has 11 N–H and O–H groups in total. The number of hydrogen-bond acceptors (Lipinski definition) is 27. The van der Waals surface area contributed by atoms with E-state index in [1.54, 1.807) is 0 Å². The van der Waals surface area contributed by atoms with Crippen molar-refractivity contribution in [3.05, 3.63) is 35.4 Å². The first kappa shape index (κ1) is 110. The van der Waals surface area contributed by atoms with Crippen molar-refractivity contribution in [2.45, 2.75) is 503 Å². The number of nitrogens with two attached hydrogens (primary N) is 1. The molecule has 0 unspecified atom stereocenters. The van der Waals surface area contributed by atoms with E-state index < -0.39 is 0 Å². The molecule has 9 heterocycles. The van der Waals surface area contributed by atoms with E-state index in [1.165, 1.54) is 11.1 Å². The first-order chi connectivity index (χ1) is 62.8. The monoisotopic (exact) mass is 1860 g/mol. The van der Waals surface area contributed by atoms with Crippen LogP contribution in [0.2, 0.25) is 0 Å². The summed E-state index contributed by atoms with van der Waals surface area (Å²) in [4.78, 5) is 70.8. The van der Waals surface area contributed by atoms with Crippen LogP contribution in [-0.2, 0) is 13.1 Å². The summed E-state index contributed by atoms with van der Waals surface area (Å²) < 4.78 is 0. The number of anilines is 9. The lowest BCUT2D eigenvalue weighted by Gasteiger charge is -2.50. The van der Waals surface area contributed by atoms with E-state index in [9.17, 15) is 0 Å². The molecule has 6 fully saturated rings. The van der Waals surface area contributed by atoms with E-state index in [4.69, 9.17) is 50.6 Å². The summed E-state index contributed by atoms with van der Waals surface area (Å²) in [6, 6.07) is 11.1. The highest BCUT2D eigenvalue weighted by molar-refractivity contribution is 5.51. The molecule has 4 aromatic rings. The summed E-state index contributed by atoms with van der Waals surface area (Å²) in [5.41, 5.74) is 8.31. The molecule has 762 valence electrons. The fourth-order valence-corrected chi connectivity index (χ4v) is 25.3. The minimum Gasteiger partial charge on any atom is -0.354 e. The molecular formula is C107H199N27. The number of aromatic nitrogens is 9. The van der Waals surface area contributed by atoms with Crippen LogP contribution in [0.15, 0.2) is 24.3 Å². The molecule has 0 saturated carbocycles. The molecule has 0 aliphatic carbocycles. The first-order valence-electron chi connectivity index (χ1n) is 53.8. The number of nitrogens with zero attached hydrogens (tertiary/aromatic N) is 17. The number of piperidine rings is 6. The maximum atomic E-state index is 6.38. The Bertz CT molecular complexity index is 3730. The average molecular weight is 1860 g/mol. The quantitative estimate of drug-likeness (QED) is 0.0184. The summed E-state index contributed by atoms with van der Waals surface area (Å²) in [6.45, 7) is 83.8. The molecule has 6 saturated heterocycles. The highest BCUT2D eigenvalue weighted by Crippen LogP contribution is 2.43. The highest BCUT2D eigenvalue weighted by Gasteiger charge is 2.49. The van der Waals surface area contributed by atoms with Gasteiger partial charge in [0.15, 0.2) is 0 Å². The Morgan fingerprint density at radius 3 is 0.567 bits per heavy atom. The van der Waals surface area contributed by atoms with Crippen LogP contribution in [0.1, 0.15) is 399 Å². The third kappa shape index (κ3) is 33.9. The molecule has 0 radical (unpaired) electrons.